The smallest absolute Gasteiger partial charge is 0.254 e. The van der Waals surface area contributed by atoms with E-state index in [0.717, 1.165) is 25.1 Å². The molecule has 0 bridgehead atoms. The molecule has 1 aliphatic rings. The highest BCUT2D eigenvalue weighted by Gasteiger charge is 2.27. The summed E-state index contributed by atoms with van der Waals surface area (Å²) in [6.07, 6.45) is 0.868. The predicted octanol–water partition coefficient (Wildman–Crippen LogP) is 2.88. The second-order valence-corrected chi connectivity index (χ2v) is 5.58. The Morgan fingerprint density at radius 1 is 1.47 bits per heavy atom. The normalized spacial score (nSPS) is 22.8. The van der Waals surface area contributed by atoms with E-state index < -0.39 is 0 Å². The van der Waals surface area contributed by atoms with Gasteiger partial charge in [0.15, 0.2) is 0 Å². The first kappa shape index (κ1) is 16.3. The van der Waals surface area contributed by atoms with Crippen LogP contribution in [0, 0.1) is 12.8 Å². The molecule has 1 fully saturated rings. The van der Waals surface area contributed by atoms with Crippen LogP contribution in [0.4, 0.5) is 0 Å². The maximum atomic E-state index is 12.5. The summed E-state index contributed by atoms with van der Waals surface area (Å²) in [7, 11) is 0. The zero-order valence-electron chi connectivity index (χ0n) is 11.2. The molecular formula is C14H20Cl2N2O. The molecule has 1 amide bonds. The third kappa shape index (κ3) is 3.62. The van der Waals surface area contributed by atoms with Crippen LogP contribution in [0.25, 0.3) is 0 Å². The van der Waals surface area contributed by atoms with Crippen molar-refractivity contribution < 1.29 is 4.79 Å². The summed E-state index contributed by atoms with van der Waals surface area (Å²) in [5.74, 6) is 0.413. The molecule has 3 nitrogen and oxygen atoms in total. The first-order valence-corrected chi connectivity index (χ1v) is 6.68. The lowest BCUT2D eigenvalue weighted by molar-refractivity contribution is 0.0663. The van der Waals surface area contributed by atoms with E-state index in [9.17, 15) is 4.79 Å². The molecule has 0 saturated carbocycles. The number of hydrogen-bond acceptors (Lipinski definition) is 2. The lowest BCUT2D eigenvalue weighted by atomic mass is 9.94. The molecule has 1 aromatic rings. The average Bonchev–Trinajstić information content (AvgIpc) is 2.35. The monoisotopic (exact) mass is 302 g/mol. The van der Waals surface area contributed by atoms with Gasteiger partial charge in [-0.25, -0.2) is 0 Å². The minimum Gasteiger partial charge on any atom is -0.338 e. The van der Waals surface area contributed by atoms with Crippen molar-refractivity contribution in [1.29, 1.82) is 0 Å². The van der Waals surface area contributed by atoms with Gasteiger partial charge in [-0.2, -0.15) is 0 Å². The number of piperidine rings is 1. The first-order valence-electron chi connectivity index (χ1n) is 6.30. The highest BCUT2D eigenvalue weighted by molar-refractivity contribution is 6.31. The predicted molar refractivity (Wildman–Crippen MR) is 81.1 cm³/mol. The maximum Gasteiger partial charge on any atom is 0.254 e. The minimum absolute atomic E-state index is 0. The van der Waals surface area contributed by atoms with Crippen LogP contribution in [0.1, 0.15) is 29.3 Å². The summed E-state index contributed by atoms with van der Waals surface area (Å²) in [5.41, 5.74) is 7.64. The van der Waals surface area contributed by atoms with Crippen LogP contribution < -0.4 is 5.73 Å². The largest absolute Gasteiger partial charge is 0.338 e. The van der Waals surface area contributed by atoms with Crippen molar-refractivity contribution in [3.05, 3.63) is 34.3 Å². The van der Waals surface area contributed by atoms with Gasteiger partial charge in [0.2, 0.25) is 0 Å². The van der Waals surface area contributed by atoms with Crippen LogP contribution in [0.2, 0.25) is 5.02 Å². The van der Waals surface area contributed by atoms with Crippen molar-refractivity contribution in [1.82, 2.24) is 4.90 Å². The second-order valence-electron chi connectivity index (χ2n) is 5.14. The van der Waals surface area contributed by atoms with Crippen LogP contribution in [-0.2, 0) is 0 Å². The Morgan fingerprint density at radius 2 is 2.16 bits per heavy atom. The van der Waals surface area contributed by atoms with E-state index in [1.54, 1.807) is 6.07 Å². The molecule has 19 heavy (non-hydrogen) atoms. The van der Waals surface area contributed by atoms with Crippen molar-refractivity contribution >= 4 is 29.9 Å². The fourth-order valence-corrected chi connectivity index (χ4v) is 2.52. The lowest BCUT2D eigenvalue weighted by Gasteiger charge is -2.35. The van der Waals surface area contributed by atoms with Gasteiger partial charge in [-0.1, -0.05) is 24.6 Å². The van der Waals surface area contributed by atoms with Gasteiger partial charge >= 0.3 is 0 Å². The van der Waals surface area contributed by atoms with Crippen molar-refractivity contribution in [2.45, 2.75) is 26.3 Å². The Morgan fingerprint density at radius 3 is 2.79 bits per heavy atom. The van der Waals surface area contributed by atoms with E-state index in [2.05, 4.69) is 6.92 Å². The fourth-order valence-electron chi connectivity index (χ4n) is 2.34. The number of halogens is 2. The summed E-state index contributed by atoms with van der Waals surface area (Å²) in [5, 5.41) is 0.603. The number of nitrogens with zero attached hydrogens (tertiary/aromatic N) is 1. The number of likely N-dealkylation sites (tertiary alicyclic amines) is 1. The van der Waals surface area contributed by atoms with E-state index >= 15 is 0 Å². The van der Waals surface area contributed by atoms with Crippen LogP contribution in [0.3, 0.4) is 0 Å². The summed E-state index contributed by atoms with van der Waals surface area (Å²) in [4.78, 5) is 14.3. The van der Waals surface area contributed by atoms with Gasteiger partial charge in [0.25, 0.3) is 5.91 Å². The molecule has 2 atom stereocenters. The number of aryl methyl sites for hydroxylation is 1. The Balaban J connectivity index is 0.00000180. The van der Waals surface area contributed by atoms with Crippen molar-refractivity contribution in [2.24, 2.45) is 11.7 Å². The summed E-state index contributed by atoms with van der Waals surface area (Å²) in [6.45, 7) is 5.49. The van der Waals surface area contributed by atoms with E-state index in [1.807, 2.05) is 24.0 Å². The number of carbonyl (C=O) groups is 1. The molecule has 1 aliphatic heterocycles. The Bertz CT molecular complexity index is 465. The third-order valence-corrected chi connectivity index (χ3v) is 3.92. The van der Waals surface area contributed by atoms with Crippen molar-refractivity contribution in [3.63, 3.8) is 0 Å². The topological polar surface area (TPSA) is 46.3 Å². The van der Waals surface area contributed by atoms with Crippen LogP contribution >= 0.6 is 24.0 Å². The standard InChI is InChI=1S/C14H19ClN2O.ClH/c1-9-3-4-11(15)7-12(9)14(18)17-6-5-13(16)10(2)8-17;/h3-4,7,10,13H,5-6,8,16H2,1-2H3;1H. The zero-order chi connectivity index (χ0) is 13.3. The van der Waals surface area contributed by atoms with Gasteiger partial charge in [0.05, 0.1) is 0 Å². The molecule has 0 radical (unpaired) electrons. The van der Waals surface area contributed by atoms with Crippen molar-refractivity contribution in [2.75, 3.05) is 13.1 Å². The summed E-state index contributed by atoms with van der Waals surface area (Å²) >= 11 is 5.96. The quantitative estimate of drug-likeness (QED) is 0.867. The highest BCUT2D eigenvalue weighted by Crippen LogP contribution is 2.21. The maximum absolute atomic E-state index is 12.5. The van der Waals surface area contributed by atoms with E-state index in [0.29, 0.717) is 16.5 Å². The summed E-state index contributed by atoms with van der Waals surface area (Å²) < 4.78 is 0. The first-order chi connectivity index (χ1) is 8.49. The van der Waals surface area contributed by atoms with E-state index in [4.69, 9.17) is 17.3 Å². The molecule has 1 heterocycles. The fraction of sp³-hybridized carbons (Fsp3) is 0.500. The molecule has 1 aromatic carbocycles. The van der Waals surface area contributed by atoms with E-state index in [-0.39, 0.29) is 24.4 Å². The Hall–Kier alpha value is -0.770. The Kier molecular flexibility index (Phi) is 5.65. The average molecular weight is 303 g/mol. The lowest BCUT2D eigenvalue weighted by Crippen LogP contribution is -2.48. The van der Waals surface area contributed by atoms with Crippen LogP contribution in [0.5, 0.6) is 0 Å². The van der Waals surface area contributed by atoms with Gasteiger partial charge in [-0.05, 0) is 37.0 Å². The second kappa shape index (κ2) is 6.60. The number of nitrogens with two attached hydrogens (primary N) is 1. The van der Waals surface area contributed by atoms with Gasteiger partial charge in [0, 0.05) is 29.7 Å². The number of carbonyl (C=O) groups excluding carboxylic acids is 1. The molecule has 0 aliphatic carbocycles. The molecule has 5 heteroatoms. The zero-order valence-corrected chi connectivity index (χ0v) is 12.8. The van der Waals surface area contributed by atoms with Gasteiger partial charge in [-0.15, -0.1) is 12.4 Å². The molecule has 0 spiro atoms. The molecular weight excluding hydrogens is 283 g/mol. The minimum atomic E-state index is 0. The number of rotatable bonds is 1. The number of benzene rings is 1. The SMILES string of the molecule is Cc1ccc(Cl)cc1C(=O)N1CCC(N)C(C)C1.Cl. The molecule has 2 rings (SSSR count). The van der Waals surface area contributed by atoms with Crippen molar-refractivity contribution in [3.8, 4) is 0 Å². The highest BCUT2D eigenvalue weighted by atomic mass is 35.5. The van der Waals surface area contributed by atoms with E-state index in [1.165, 1.54) is 0 Å². The molecule has 1 saturated heterocycles. The molecule has 0 aromatic heterocycles. The Labute approximate surface area is 125 Å². The van der Waals surface area contributed by atoms with Gasteiger partial charge in [-0.3, -0.25) is 4.79 Å². The summed E-state index contributed by atoms with van der Waals surface area (Å²) in [6, 6.07) is 5.64. The third-order valence-electron chi connectivity index (χ3n) is 3.69. The number of hydrogen-bond donors (Lipinski definition) is 1. The molecule has 106 valence electrons. The van der Waals surface area contributed by atoms with Crippen LogP contribution in [-0.4, -0.2) is 29.9 Å². The van der Waals surface area contributed by atoms with Crippen LogP contribution in [0.15, 0.2) is 18.2 Å². The number of amides is 1. The molecule has 2 unspecified atom stereocenters. The van der Waals surface area contributed by atoms with Gasteiger partial charge < -0.3 is 10.6 Å². The molecule has 2 N–H and O–H groups in total. The van der Waals surface area contributed by atoms with Gasteiger partial charge in [0.1, 0.15) is 0 Å².